The fraction of sp³-hybridized carbons (Fsp3) is 0.808. The van der Waals surface area contributed by atoms with Gasteiger partial charge in [0.15, 0.2) is 0 Å². The number of esters is 2. The van der Waals surface area contributed by atoms with Crippen LogP contribution in [-0.2, 0) is 23.9 Å². The van der Waals surface area contributed by atoms with Crippen LogP contribution in [0.25, 0.3) is 0 Å². The molecule has 0 spiro atoms. The number of methoxy groups -OCH3 is 2. The second kappa shape index (κ2) is 36.6. The Hall–Kier alpha value is -2.35. The predicted molar refractivity (Wildman–Crippen MR) is 161 cm³/mol. The molecule has 14 heteroatoms. The van der Waals surface area contributed by atoms with Crippen molar-refractivity contribution in [2.75, 3.05) is 127 Å². The molecule has 1 aliphatic heterocycles. The van der Waals surface area contributed by atoms with Crippen LogP contribution in [0.3, 0.4) is 0 Å². The van der Waals surface area contributed by atoms with E-state index in [2.05, 4.69) is 57.1 Å². The molecule has 0 aromatic carbocycles. The summed E-state index contributed by atoms with van der Waals surface area (Å²) in [5.74, 6) is -0.254. The summed E-state index contributed by atoms with van der Waals surface area (Å²) in [5.41, 5.74) is 10.6. The van der Waals surface area contributed by atoms with E-state index in [4.69, 9.17) is 16.6 Å². The number of hydrogen-bond acceptors (Lipinski definition) is 13. The van der Waals surface area contributed by atoms with Crippen molar-refractivity contribution in [1.82, 2.24) is 30.7 Å². The molecule has 1 fully saturated rings. The van der Waals surface area contributed by atoms with Crippen molar-refractivity contribution in [2.24, 2.45) is 11.5 Å². The third-order valence-electron chi connectivity index (χ3n) is 4.98. The third-order valence-corrected chi connectivity index (χ3v) is 4.98. The zero-order valence-electron chi connectivity index (χ0n) is 25.7. The number of rotatable bonds is 16. The highest BCUT2D eigenvalue weighted by Gasteiger charge is 2.15. The molecule has 0 bridgehead atoms. The summed E-state index contributed by atoms with van der Waals surface area (Å²) in [4.78, 5) is 38.5. The lowest BCUT2D eigenvalue weighted by molar-refractivity contribution is -0.141. The average Bonchev–Trinajstić information content (AvgIpc) is 2.98. The number of likely N-dealkylation sites (N-methyl/N-ethyl adjacent to an activating group) is 2. The molecular formula is C26H58N8O6. The summed E-state index contributed by atoms with van der Waals surface area (Å²) in [6.07, 6.45) is 9.16. The highest BCUT2D eigenvalue weighted by molar-refractivity contribution is 5.78. The number of nitrogens with two attached hydrogens (primary N) is 2. The van der Waals surface area contributed by atoms with E-state index in [1.165, 1.54) is 14.2 Å². The molecule has 0 unspecified atom stereocenters. The topological polar surface area (TPSA) is 188 Å². The van der Waals surface area contributed by atoms with Crippen LogP contribution in [0.4, 0.5) is 0 Å². The maximum atomic E-state index is 11.0. The Labute approximate surface area is 242 Å². The maximum absolute atomic E-state index is 11.0. The second-order valence-electron chi connectivity index (χ2n) is 8.26. The Morgan fingerprint density at radius 3 is 2.05 bits per heavy atom. The molecule has 0 aromatic heterocycles. The van der Waals surface area contributed by atoms with Crippen molar-refractivity contribution in [3.63, 3.8) is 0 Å². The Kier molecular flexibility index (Phi) is 40.9. The van der Waals surface area contributed by atoms with Crippen LogP contribution in [0.15, 0.2) is 0 Å². The first kappa shape index (κ1) is 44.7. The SMILES string of the molecule is C#C.CCCN(C)CCN(C)CC(=O)OC.CO.COC(=O)CNCCNCCN.NCCN1CCNCC1=O. The number of carbonyl (C=O) groups excluding carboxylic acids is 3. The molecule has 1 saturated heterocycles. The van der Waals surface area contributed by atoms with Gasteiger partial charge in [-0.1, -0.05) is 6.92 Å². The molecule has 1 aliphatic rings. The quantitative estimate of drug-likeness (QED) is 0.0617. The molecule has 0 atom stereocenters. The Morgan fingerprint density at radius 1 is 0.975 bits per heavy atom. The number of nitrogens with zero attached hydrogens (tertiary/aromatic N) is 3. The van der Waals surface area contributed by atoms with Crippen molar-refractivity contribution in [2.45, 2.75) is 13.3 Å². The van der Waals surface area contributed by atoms with Gasteiger partial charge >= 0.3 is 11.9 Å². The normalized spacial score (nSPS) is 11.9. The minimum absolute atomic E-state index is 0.164. The van der Waals surface area contributed by atoms with Gasteiger partial charge in [0.2, 0.25) is 5.91 Å². The zero-order valence-corrected chi connectivity index (χ0v) is 25.7. The Bertz CT molecular complexity index is 597. The first-order valence-electron chi connectivity index (χ1n) is 13.3. The lowest BCUT2D eigenvalue weighted by atomic mass is 10.3. The van der Waals surface area contributed by atoms with Crippen molar-refractivity contribution in [3.05, 3.63) is 0 Å². The number of aliphatic hydroxyl groups excluding tert-OH is 1. The van der Waals surface area contributed by atoms with E-state index in [9.17, 15) is 14.4 Å². The Balaban J connectivity index is -0.000000230. The van der Waals surface area contributed by atoms with Gasteiger partial charge in [-0.3, -0.25) is 19.3 Å². The molecular weight excluding hydrogens is 520 g/mol. The second-order valence-corrected chi connectivity index (χ2v) is 8.26. The van der Waals surface area contributed by atoms with E-state index in [-0.39, 0.29) is 24.4 Å². The molecule has 0 saturated carbocycles. The first-order valence-corrected chi connectivity index (χ1v) is 13.3. The van der Waals surface area contributed by atoms with Crippen molar-refractivity contribution in [3.8, 4) is 12.8 Å². The van der Waals surface area contributed by atoms with Crippen LogP contribution in [0.1, 0.15) is 13.3 Å². The lowest BCUT2D eigenvalue weighted by Gasteiger charge is -2.26. The van der Waals surface area contributed by atoms with Crippen molar-refractivity contribution < 1.29 is 29.0 Å². The smallest absolute Gasteiger partial charge is 0.319 e. The molecule has 1 heterocycles. The molecule has 0 radical (unpaired) electrons. The lowest BCUT2D eigenvalue weighted by Crippen LogP contribution is -2.49. The number of nitrogens with one attached hydrogen (secondary N) is 3. The molecule has 1 amide bonds. The van der Waals surface area contributed by atoms with Crippen LogP contribution in [0.2, 0.25) is 0 Å². The van der Waals surface area contributed by atoms with E-state index in [1.54, 1.807) is 4.90 Å². The number of piperazine rings is 1. The van der Waals surface area contributed by atoms with Gasteiger partial charge in [-0.15, -0.1) is 12.8 Å². The number of terminal acetylenes is 1. The van der Waals surface area contributed by atoms with Gasteiger partial charge in [-0.25, -0.2) is 0 Å². The minimum Gasteiger partial charge on any atom is -0.468 e. The highest BCUT2D eigenvalue weighted by atomic mass is 16.5. The third kappa shape index (κ3) is 33.7. The number of hydrogen-bond donors (Lipinski definition) is 6. The molecule has 0 aromatic rings. The van der Waals surface area contributed by atoms with Gasteiger partial charge in [0.25, 0.3) is 0 Å². The van der Waals surface area contributed by atoms with Gasteiger partial charge in [0.05, 0.1) is 33.9 Å². The van der Waals surface area contributed by atoms with Crippen LogP contribution in [0, 0.1) is 12.8 Å². The van der Waals surface area contributed by atoms with E-state index >= 15 is 0 Å². The van der Waals surface area contributed by atoms with Crippen molar-refractivity contribution in [1.29, 1.82) is 0 Å². The molecule has 1 rings (SSSR count). The summed E-state index contributed by atoms with van der Waals surface area (Å²) in [6, 6.07) is 0. The fourth-order valence-electron chi connectivity index (χ4n) is 2.90. The van der Waals surface area contributed by atoms with Gasteiger partial charge in [0, 0.05) is 72.6 Å². The molecule has 8 N–H and O–H groups in total. The van der Waals surface area contributed by atoms with E-state index in [0.29, 0.717) is 32.7 Å². The van der Waals surface area contributed by atoms with Crippen LogP contribution in [-0.4, -0.2) is 165 Å². The van der Waals surface area contributed by atoms with E-state index in [1.807, 2.05) is 11.9 Å². The minimum atomic E-state index is -0.242. The molecule has 238 valence electrons. The van der Waals surface area contributed by atoms with E-state index < -0.39 is 0 Å². The average molecular weight is 579 g/mol. The number of amides is 1. The van der Waals surface area contributed by atoms with Crippen LogP contribution in [0.5, 0.6) is 0 Å². The molecule has 0 aliphatic carbocycles. The number of ether oxygens (including phenoxy) is 2. The first-order chi connectivity index (χ1) is 19.2. The van der Waals surface area contributed by atoms with Crippen LogP contribution < -0.4 is 27.4 Å². The van der Waals surface area contributed by atoms with Crippen LogP contribution >= 0.6 is 0 Å². The van der Waals surface area contributed by atoms with Gasteiger partial charge < -0.3 is 51.8 Å². The Morgan fingerprint density at radius 2 is 1.55 bits per heavy atom. The van der Waals surface area contributed by atoms with Gasteiger partial charge in [0.1, 0.15) is 0 Å². The van der Waals surface area contributed by atoms with Gasteiger partial charge in [-0.2, -0.15) is 0 Å². The molecule has 14 nitrogen and oxygen atoms in total. The monoisotopic (exact) mass is 578 g/mol. The van der Waals surface area contributed by atoms with E-state index in [0.717, 1.165) is 65.9 Å². The summed E-state index contributed by atoms with van der Waals surface area (Å²) in [5, 5.41) is 16.0. The number of aliphatic hydroxyl groups is 1. The highest BCUT2D eigenvalue weighted by Crippen LogP contribution is 1.91. The van der Waals surface area contributed by atoms with Crippen molar-refractivity contribution >= 4 is 17.8 Å². The maximum Gasteiger partial charge on any atom is 0.319 e. The standard InChI is InChI=1S/C10H22N2O2.C7H17N3O2.C6H13N3O.C2H2.CH4O/c1-5-6-11(2)7-8-12(3)9-10(13)14-4;1-12-7(11)6-10-5-4-9-3-2-8;7-1-3-9-4-2-8-5-6(9)10;2*1-2/h5-9H2,1-4H3;9-10H,2-6,8H2,1H3;8H,1-5,7H2;1-2H;2H,1H3. The number of carbonyl (C=O) groups is 3. The molecule has 40 heavy (non-hydrogen) atoms. The predicted octanol–water partition coefficient (Wildman–Crippen LogP) is -3.03. The summed E-state index contributed by atoms with van der Waals surface area (Å²) in [6.45, 7) is 12.2. The summed E-state index contributed by atoms with van der Waals surface area (Å²) < 4.78 is 9.02. The zero-order chi connectivity index (χ0) is 31.6. The van der Waals surface area contributed by atoms with Gasteiger partial charge in [-0.05, 0) is 27.1 Å². The fourth-order valence-corrected chi connectivity index (χ4v) is 2.90. The summed E-state index contributed by atoms with van der Waals surface area (Å²) >= 11 is 0. The largest absolute Gasteiger partial charge is 0.468 e. The summed E-state index contributed by atoms with van der Waals surface area (Å²) in [7, 11) is 7.81.